The third kappa shape index (κ3) is 3.16. The van der Waals surface area contributed by atoms with Crippen molar-refractivity contribution in [2.24, 2.45) is 0 Å². The van der Waals surface area contributed by atoms with E-state index in [2.05, 4.69) is 15.0 Å². The molecule has 0 amide bonds. The number of nitrogens with zero attached hydrogens (tertiary/aromatic N) is 3. The zero-order valence-electron chi connectivity index (χ0n) is 15.4. The van der Waals surface area contributed by atoms with Gasteiger partial charge in [0, 0.05) is 47.6 Å². The van der Waals surface area contributed by atoms with Crippen LogP contribution in [-0.2, 0) is 13.0 Å². The summed E-state index contributed by atoms with van der Waals surface area (Å²) in [6.07, 6.45) is 1.53. The number of hydrogen-bond donors (Lipinski definition) is 1. The zero-order valence-corrected chi connectivity index (χ0v) is 15.4. The third-order valence-electron chi connectivity index (χ3n) is 5.43. The standard InChI is InChI=1S/C20H22F2N4O/c1-3-15-12(2)23-18-9-17(24-26(18)20(15)27)13-7-8-25(10-13)11-14-5-4-6-16(21)19(14)22/h4-6,9,13,24H,3,7-8,10-11H2,1-2H3. The molecular formula is C20H22F2N4O. The van der Waals surface area contributed by atoms with E-state index in [0.29, 0.717) is 24.2 Å². The Kier molecular flexibility index (Phi) is 4.55. The molecule has 1 aliphatic heterocycles. The Morgan fingerprint density at radius 3 is 2.93 bits per heavy atom. The van der Waals surface area contributed by atoms with Crippen LogP contribution >= 0.6 is 0 Å². The van der Waals surface area contributed by atoms with Crippen LogP contribution in [0.3, 0.4) is 0 Å². The van der Waals surface area contributed by atoms with Gasteiger partial charge in [0.1, 0.15) is 0 Å². The lowest BCUT2D eigenvalue weighted by atomic mass is 10.1. The molecule has 4 rings (SSSR count). The van der Waals surface area contributed by atoms with Gasteiger partial charge in [-0.2, -0.15) is 0 Å². The smallest absolute Gasteiger partial charge is 0.276 e. The summed E-state index contributed by atoms with van der Waals surface area (Å²) in [5.74, 6) is -1.38. The first-order chi connectivity index (χ1) is 13.0. The molecule has 0 bridgehead atoms. The highest BCUT2D eigenvalue weighted by Gasteiger charge is 2.27. The largest absolute Gasteiger partial charge is 0.298 e. The van der Waals surface area contributed by atoms with Gasteiger partial charge >= 0.3 is 0 Å². The molecule has 1 aromatic carbocycles. The number of rotatable bonds is 4. The summed E-state index contributed by atoms with van der Waals surface area (Å²) < 4.78 is 28.8. The Balaban J connectivity index is 1.56. The van der Waals surface area contributed by atoms with Crippen LogP contribution in [0.25, 0.3) is 5.65 Å². The average molecular weight is 372 g/mol. The first kappa shape index (κ1) is 17.9. The van der Waals surface area contributed by atoms with E-state index in [1.807, 2.05) is 19.9 Å². The molecule has 7 heteroatoms. The van der Waals surface area contributed by atoms with Gasteiger partial charge in [-0.05, 0) is 32.4 Å². The molecule has 1 N–H and O–H groups in total. The molecule has 1 unspecified atom stereocenters. The van der Waals surface area contributed by atoms with Crippen LogP contribution in [0.1, 0.15) is 41.8 Å². The fourth-order valence-corrected chi connectivity index (χ4v) is 3.95. The van der Waals surface area contributed by atoms with E-state index in [-0.39, 0.29) is 11.5 Å². The number of halogens is 2. The lowest BCUT2D eigenvalue weighted by molar-refractivity contribution is 0.318. The molecule has 1 saturated heterocycles. The van der Waals surface area contributed by atoms with Crippen molar-refractivity contribution in [3.8, 4) is 0 Å². The topological polar surface area (TPSA) is 53.4 Å². The SMILES string of the molecule is CCc1c(C)nc2cc(C3CCN(Cc4cccc(F)c4F)C3)[nH]n2c1=O. The van der Waals surface area contributed by atoms with Gasteiger partial charge in [0.15, 0.2) is 17.3 Å². The van der Waals surface area contributed by atoms with E-state index in [9.17, 15) is 13.6 Å². The average Bonchev–Trinajstić information content (AvgIpc) is 3.26. The van der Waals surface area contributed by atoms with Gasteiger partial charge in [-0.3, -0.25) is 14.8 Å². The fourth-order valence-electron chi connectivity index (χ4n) is 3.95. The highest BCUT2D eigenvalue weighted by atomic mass is 19.2. The van der Waals surface area contributed by atoms with Crippen LogP contribution in [0.2, 0.25) is 0 Å². The number of fused-ring (bicyclic) bond motifs is 1. The molecular weight excluding hydrogens is 350 g/mol. The van der Waals surface area contributed by atoms with Crippen molar-refractivity contribution < 1.29 is 8.78 Å². The summed E-state index contributed by atoms with van der Waals surface area (Å²) in [5, 5.41) is 3.19. The van der Waals surface area contributed by atoms with Crippen molar-refractivity contribution in [2.45, 2.75) is 39.2 Å². The van der Waals surface area contributed by atoms with Crippen LogP contribution in [0.15, 0.2) is 29.1 Å². The van der Waals surface area contributed by atoms with Crippen molar-refractivity contribution in [1.29, 1.82) is 0 Å². The minimum atomic E-state index is -0.814. The highest BCUT2D eigenvalue weighted by Crippen LogP contribution is 2.28. The van der Waals surface area contributed by atoms with E-state index in [1.165, 1.54) is 10.6 Å². The summed E-state index contributed by atoms with van der Waals surface area (Å²) in [6, 6.07) is 6.20. The molecule has 1 atom stereocenters. The molecule has 0 radical (unpaired) electrons. The Bertz CT molecular complexity index is 1060. The third-order valence-corrected chi connectivity index (χ3v) is 5.43. The minimum Gasteiger partial charge on any atom is -0.298 e. The zero-order chi connectivity index (χ0) is 19.1. The molecule has 27 heavy (non-hydrogen) atoms. The van der Waals surface area contributed by atoms with Crippen molar-refractivity contribution in [3.63, 3.8) is 0 Å². The van der Waals surface area contributed by atoms with Crippen LogP contribution in [0, 0.1) is 18.6 Å². The van der Waals surface area contributed by atoms with Gasteiger partial charge in [0.2, 0.25) is 0 Å². The second-order valence-corrected chi connectivity index (χ2v) is 7.17. The molecule has 1 fully saturated rings. The lowest BCUT2D eigenvalue weighted by Gasteiger charge is -2.16. The summed E-state index contributed by atoms with van der Waals surface area (Å²) in [7, 11) is 0. The first-order valence-electron chi connectivity index (χ1n) is 9.24. The maximum Gasteiger partial charge on any atom is 0.276 e. The maximum absolute atomic E-state index is 13.9. The van der Waals surface area contributed by atoms with Gasteiger partial charge in [0.05, 0.1) is 0 Å². The summed E-state index contributed by atoms with van der Waals surface area (Å²) >= 11 is 0. The van der Waals surface area contributed by atoms with Gasteiger partial charge in [-0.15, -0.1) is 0 Å². The van der Waals surface area contributed by atoms with Crippen LogP contribution in [-0.4, -0.2) is 32.6 Å². The number of likely N-dealkylation sites (tertiary alicyclic amines) is 1. The Morgan fingerprint density at radius 2 is 2.15 bits per heavy atom. The summed E-state index contributed by atoms with van der Waals surface area (Å²) in [5.41, 5.74) is 3.38. The Hall–Kier alpha value is -2.54. The van der Waals surface area contributed by atoms with Crippen LogP contribution in [0.5, 0.6) is 0 Å². The quantitative estimate of drug-likeness (QED) is 0.765. The predicted molar refractivity (Wildman–Crippen MR) is 98.9 cm³/mol. The molecule has 3 heterocycles. The summed E-state index contributed by atoms with van der Waals surface area (Å²) in [4.78, 5) is 19.2. The van der Waals surface area contributed by atoms with Gasteiger partial charge in [0.25, 0.3) is 5.56 Å². The number of nitrogens with one attached hydrogen (secondary N) is 1. The molecule has 5 nitrogen and oxygen atoms in total. The first-order valence-corrected chi connectivity index (χ1v) is 9.24. The fraction of sp³-hybridized carbons (Fsp3) is 0.400. The maximum atomic E-state index is 13.9. The number of aromatic nitrogens is 3. The van der Waals surface area contributed by atoms with Gasteiger partial charge in [-0.1, -0.05) is 19.1 Å². The monoisotopic (exact) mass is 372 g/mol. The van der Waals surface area contributed by atoms with E-state index in [1.54, 1.807) is 6.07 Å². The molecule has 3 aromatic rings. The molecule has 0 spiro atoms. The molecule has 0 saturated carbocycles. The Labute approximate surface area is 155 Å². The van der Waals surface area contributed by atoms with E-state index in [0.717, 1.165) is 42.5 Å². The molecule has 1 aliphatic rings. The van der Waals surface area contributed by atoms with E-state index < -0.39 is 11.6 Å². The van der Waals surface area contributed by atoms with Crippen molar-refractivity contribution >= 4 is 5.65 Å². The van der Waals surface area contributed by atoms with E-state index >= 15 is 0 Å². The van der Waals surface area contributed by atoms with Crippen LogP contribution < -0.4 is 5.56 Å². The normalized spacial score (nSPS) is 17.9. The highest BCUT2D eigenvalue weighted by molar-refractivity contribution is 5.42. The molecule has 142 valence electrons. The van der Waals surface area contributed by atoms with Gasteiger partial charge < -0.3 is 0 Å². The second kappa shape index (κ2) is 6.88. The lowest BCUT2D eigenvalue weighted by Crippen LogP contribution is -2.22. The number of benzene rings is 1. The predicted octanol–water partition coefficient (Wildman–Crippen LogP) is 3.16. The number of aromatic amines is 1. The number of H-pyrrole nitrogens is 1. The van der Waals surface area contributed by atoms with Crippen molar-refractivity contribution in [3.05, 3.63) is 68.8 Å². The van der Waals surface area contributed by atoms with Gasteiger partial charge in [-0.25, -0.2) is 18.3 Å². The van der Waals surface area contributed by atoms with Crippen molar-refractivity contribution in [1.82, 2.24) is 19.5 Å². The molecule has 2 aromatic heterocycles. The van der Waals surface area contributed by atoms with Crippen molar-refractivity contribution in [2.75, 3.05) is 13.1 Å². The van der Waals surface area contributed by atoms with E-state index in [4.69, 9.17) is 0 Å². The second-order valence-electron chi connectivity index (χ2n) is 7.17. The van der Waals surface area contributed by atoms with Crippen LogP contribution in [0.4, 0.5) is 8.78 Å². The Morgan fingerprint density at radius 1 is 1.33 bits per heavy atom. The minimum absolute atomic E-state index is 0.0528. The number of aryl methyl sites for hydroxylation is 1. The summed E-state index contributed by atoms with van der Waals surface area (Å²) in [6.45, 7) is 5.69. The number of hydrogen-bond acceptors (Lipinski definition) is 3. The molecule has 0 aliphatic carbocycles.